The Morgan fingerprint density at radius 1 is 1.24 bits per heavy atom. The number of hydrogen-bond acceptors (Lipinski definition) is 3. The third-order valence-corrected chi connectivity index (χ3v) is 4.25. The molecule has 3 rings (SSSR count). The summed E-state index contributed by atoms with van der Waals surface area (Å²) in [5.41, 5.74) is 2.09. The van der Waals surface area contributed by atoms with Gasteiger partial charge in [-0.25, -0.2) is 0 Å². The van der Waals surface area contributed by atoms with E-state index >= 15 is 0 Å². The van der Waals surface area contributed by atoms with Crippen molar-refractivity contribution < 1.29 is 9.84 Å². The average molecular weight is 348 g/mol. The number of ether oxygens (including phenoxy) is 1. The first-order chi connectivity index (χ1) is 10.2. The lowest BCUT2D eigenvalue weighted by molar-refractivity contribution is 0.162. The van der Waals surface area contributed by atoms with Gasteiger partial charge in [-0.15, -0.1) is 0 Å². The Labute approximate surface area is 133 Å². The molecule has 2 aromatic rings. The molecule has 0 saturated carbocycles. The van der Waals surface area contributed by atoms with Crippen molar-refractivity contribution in [2.75, 3.05) is 13.2 Å². The quantitative estimate of drug-likeness (QED) is 0.887. The third kappa shape index (κ3) is 3.46. The second kappa shape index (κ2) is 6.60. The maximum absolute atomic E-state index is 10.3. The van der Waals surface area contributed by atoms with Gasteiger partial charge in [-0.2, -0.15) is 0 Å². The summed E-state index contributed by atoms with van der Waals surface area (Å²) in [6, 6.07) is 16.0. The van der Waals surface area contributed by atoms with Crippen molar-refractivity contribution in [3.63, 3.8) is 0 Å². The molecule has 2 aromatic carbocycles. The van der Waals surface area contributed by atoms with Crippen LogP contribution in [-0.4, -0.2) is 18.3 Å². The largest absolute Gasteiger partial charge is 0.493 e. The molecule has 0 radical (unpaired) electrons. The zero-order valence-corrected chi connectivity index (χ0v) is 13.2. The maximum Gasteiger partial charge on any atom is 0.124 e. The molecule has 0 spiro atoms. The van der Waals surface area contributed by atoms with E-state index in [0.29, 0.717) is 13.2 Å². The van der Waals surface area contributed by atoms with Crippen molar-refractivity contribution >= 4 is 15.9 Å². The van der Waals surface area contributed by atoms with Crippen LogP contribution in [0.15, 0.2) is 53.0 Å². The van der Waals surface area contributed by atoms with Gasteiger partial charge in [0.25, 0.3) is 0 Å². The molecule has 0 fully saturated rings. The van der Waals surface area contributed by atoms with Crippen LogP contribution >= 0.6 is 15.9 Å². The van der Waals surface area contributed by atoms with E-state index in [-0.39, 0.29) is 6.04 Å². The van der Waals surface area contributed by atoms with Crippen molar-refractivity contribution in [3.8, 4) is 5.75 Å². The van der Waals surface area contributed by atoms with Crippen LogP contribution in [0, 0.1) is 0 Å². The fraction of sp³-hybridized carbons (Fsp3) is 0.294. The van der Waals surface area contributed by atoms with Crippen LogP contribution in [0.1, 0.15) is 29.7 Å². The number of nitrogens with one attached hydrogen (secondary N) is 1. The smallest absolute Gasteiger partial charge is 0.124 e. The molecule has 2 unspecified atom stereocenters. The van der Waals surface area contributed by atoms with E-state index in [1.54, 1.807) is 0 Å². The van der Waals surface area contributed by atoms with Gasteiger partial charge in [0.2, 0.25) is 0 Å². The van der Waals surface area contributed by atoms with Gasteiger partial charge in [-0.3, -0.25) is 0 Å². The van der Waals surface area contributed by atoms with Gasteiger partial charge >= 0.3 is 0 Å². The molecule has 110 valence electrons. The lowest BCUT2D eigenvalue weighted by atomic mass is 10.00. The second-order valence-corrected chi connectivity index (χ2v) is 6.12. The standard InChI is InChI=1S/C17H18BrNO2/c18-13-6-7-17-14(10-13)15(8-9-21-17)19-11-16(20)12-4-2-1-3-5-12/h1-7,10,15-16,19-20H,8-9,11H2. The second-order valence-electron chi connectivity index (χ2n) is 5.21. The van der Waals surface area contributed by atoms with Crippen LogP contribution in [0.4, 0.5) is 0 Å². The number of aliphatic hydroxyl groups excluding tert-OH is 1. The highest BCUT2D eigenvalue weighted by Gasteiger charge is 2.22. The fourth-order valence-corrected chi connectivity index (χ4v) is 3.00. The van der Waals surface area contributed by atoms with Gasteiger partial charge in [0.1, 0.15) is 5.75 Å². The number of rotatable bonds is 4. The Balaban J connectivity index is 1.68. The Hall–Kier alpha value is -1.36. The number of fused-ring (bicyclic) bond motifs is 1. The topological polar surface area (TPSA) is 41.5 Å². The van der Waals surface area contributed by atoms with Gasteiger partial charge < -0.3 is 15.2 Å². The SMILES string of the molecule is OC(CNC1CCOc2ccc(Br)cc21)c1ccccc1. The van der Waals surface area contributed by atoms with Crippen LogP contribution in [0.3, 0.4) is 0 Å². The summed E-state index contributed by atoms with van der Waals surface area (Å²) in [7, 11) is 0. The molecule has 1 aliphatic rings. The Bertz CT molecular complexity index is 603. The lowest BCUT2D eigenvalue weighted by Gasteiger charge is -2.28. The molecule has 1 heterocycles. The molecule has 0 saturated heterocycles. The molecule has 0 amide bonds. The predicted octanol–water partition coefficient (Wildman–Crippen LogP) is 3.60. The molecular weight excluding hydrogens is 330 g/mol. The highest BCUT2D eigenvalue weighted by molar-refractivity contribution is 9.10. The van der Waals surface area contributed by atoms with Crippen LogP contribution in [-0.2, 0) is 0 Å². The van der Waals surface area contributed by atoms with E-state index in [9.17, 15) is 5.11 Å². The van der Waals surface area contributed by atoms with Crippen molar-refractivity contribution in [2.24, 2.45) is 0 Å². The average Bonchev–Trinajstić information content (AvgIpc) is 2.53. The van der Waals surface area contributed by atoms with Gasteiger partial charge in [0.05, 0.1) is 12.7 Å². The van der Waals surface area contributed by atoms with E-state index in [1.165, 1.54) is 0 Å². The predicted molar refractivity (Wildman–Crippen MR) is 86.4 cm³/mol. The summed E-state index contributed by atoms with van der Waals surface area (Å²) in [5.74, 6) is 0.927. The molecular formula is C17H18BrNO2. The molecule has 0 aliphatic carbocycles. The van der Waals surface area contributed by atoms with Crippen molar-refractivity contribution in [3.05, 3.63) is 64.1 Å². The van der Waals surface area contributed by atoms with Gasteiger partial charge in [-0.1, -0.05) is 46.3 Å². The molecule has 0 bridgehead atoms. The Morgan fingerprint density at radius 2 is 2.05 bits per heavy atom. The Kier molecular flexibility index (Phi) is 4.58. The molecule has 4 heteroatoms. The van der Waals surface area contributed by atoms with E-state index in [4.69, 9.17) is 4.74 Å². The lowest BCUT2D eigenvalue weighted by Crippen LogP contribution is -2.30. The first kappa shape index (κ1) is 14.6. The highest BCUT2D eigenvalue weighted by atomic mass is 79.9. The normalized spacial score (nSPS) is 18.7. The number of benzene rings is 2. The van der Waals surface area contributed by atoms with Crippen LogP contribution in [0.5, 0.6) is 5.75 Å². The van der Waals surface area contributed by atoms with Crippen molar-refractivity contribution in [2.45, 2.75) is 18.6 Å². The minimum Gasteiger partial charge on any atom is -0.493 e. The third-order valence-electron chi connectivity index (χ3n) is 3.75. The first-order valence-electron chi connectivity index (χ1n) is 7.12. The van der Waals surface area contributed by atoms with E-state index < -0.39 is 6.10 Å². The van der Waals surface area contributed by atoms with E-state index in [0.717, 1.165) is 27.8 Å². The number of halogens is 1. The minimum atomic E-state index is -0.496. The zero-order chi connectivity index (χ0) is 14.7. The number of aliphatic hydroxyl groups is 1. The summed E-state index contributed by atoms with van der Waals surface area (Å²) in [6.45, 7) is 1.23. The Morgan fingerprint density at radius 3 is 2.86 bits per heavy atom. The molecule has 2 N–H and O–H groups in total. The zero-order valence-electron chi connectivity index (χ0n) is 11.6. The fourth-order valence-electron chi connectivity index (χ4n) is 2.62. The summed E-state index contributed by atoms with van der Waals surface area (Å²) in [6.07, 6.45) is 0.412. The molecule has 21 heavy (non-hydrogen) atoms. The summed E-state index contributed by atoms with van der Waals surface area (Å²) < 4.78 is 6.72. The number of hydrogen-bond donors (Lipinski definition) is 2. The van der Waals surface area contributed by atoms with Crippen LogP contribution in [0.2, 0.25) is 0 Å². The maximum atomic E-state index is 10.3. The molecule has 2 atom stereocenters. The summed E-state index contributed by atoms with van der Waals surface area (Å²) in [5, 5.41) is 13.7. The molecule has 0 aromatic heterocycles. The highest BCUT2D eigenvalue weighted by Crippen LogP contribution is 2.34. The van der Waals surface area contributed by atoms with E-state index in [1.807, 2.05) is 42.5 Å². The van der Waals surface area contributed by atoms with Crippen LogP contribution < -0.4 is 10.1 Å². The minimum absolute atomic E-state index is 0.213. The van der Waals surface area contributed by atoms with E-state index in [2.05, 4.69) is 27.3 Å². The van der Waals surface area contributed by atoms with Gasteiger partial charge in [0.15, 0.2) is 0 Å². The van der Waals surface area contributed by atoms with Crippen molar-refractivity contribution in [1.82, 2.24) is 5.32 Å². The molecule has 3 nitrogen and oxygen atoms in total. The first-order valence-corrected chi connectivity index (χ1v) is 7.92. The van der Waals surface area contributed by atoms with Crippen molar-refractivity contribution in [1.29, 1.82) is 0 Å². The van der Waals surface area contributed by atoms with Gasteiger partial charge in [0, 0.05) is 29.0 Å². The van der Waals surface area contributed by atoms with Crippen LogP contribution in [0.25, 0.3) is 0 Å². The molecule has 1 aliphatic heterocycles. The van der Waals surface area contributed by atoms with Gasteiger partial charge in [-0.05, 0) is 23.8 Å². The summed E-state index contributed by atoms with van der Waals surface area (Å²) in [4.78, 5) is 0. The monoisotopic (exact) mass is 347 g/mol. The summed E-state index contributed by atoms with van der Waals surface area (Å²) >= 11 is 3.50.